The largest absolute Gasteiger partial charge is 0.464 e. The van der Waals surface area contributed by atoms with Gasteiger partial charge in [-0.3, -0.25) is 9.13 Å². The smallest absolute Gasteiger partial charge is 0.337 e. The van der Waals surface area contributed by atoms with Crippen LogP contribution in [0.5, 0.6) is 0 Å². The van der Waals surface area contributed by atoms with E-state index in [1.165, 1.54) is 24.3 Å². The van der Waals surface area contributed by atoms with Crippen molar-refractivity contribution in [3.63, 3.8) is 0 Å². The molecule has 0 aromatic carbocycles. The van der Waals surface area contributed by atoms with E-state index in [-0.39, 0.29) is 25.1 Å². The van der Waals surface area contributed by atoms with Crippen molar-refractivity contribution >= 4 is 28.7 Å². The molecule has 14 heteroatoms. The van der Waals surface area contributed by atoms with Crippen LogP contribution < -0.4 is 0 Å². The molecule has 1 aliphatic rings. The molecular weight excluding hydrogens is 460 g/mol. The number of aromatic nitrogens is 6. The van der Waals surface area contributed by atoms with Gasteiger partial charge in [-0.25, -0.2) is 14.8 Å². The molecule has 2 N–H and O–H groups in total. The van der Waals surface area contributed by atoms with E-state index in [0.717, 1.165) is 0 Å². The number of fused-ring (bicyclic) bond motifs is 1. The Balaban J connectivity index is 1.55. The van der Waals surface area contributed by atoms with Gasteiger partial charge in [-0.2, -0.15) is 9.97 Å². The molecule has 5 atom stereocenters. The minimum absolute atomic E-state index is 0.0355. The first-order chi connectivity index (χ1) is 15.9. The van der Waals surface area contributed by atoms with E-state index in [0.29, 0.717) is 17.0 Å². The molecule has 1 saturated heterocycles. The summed E-state index contributed by atoms with van der Waals surface area (Å²) in [5.41, 5.74) is 0.685. The summed E-state index contributed by atoms with van der Waals surface area (Å²) < 4.78 is 24.4. The topological polar surface area (TPSA) is 156 Å². The van der Waals surface area contributed by atoms with Crippen LogP contribution in [-0.2, 0) is 23.7 Å². The molecule has 13 nitrogen and oxygen atoms in total. The average Bonchev–Trinajstić information content (AvgIpc) is 3.52. The Labute approximate surface area is 192 Å². The van der Waals surface area contributed by atoms with E-state index in [2.05, 4.69) is 19.9 Å². The number of hydrogen-bond donors (Lipinski definition) is 2. The summed E-state index contributed by atoms with van der Waals surface area (Å²) in [4.78, 5) is 28.8. The van der Waals surface area contributed by atoms with Gasteiger partial charge < -0.3 is 29.2 Å². The summed E-state index contributed by atoms with van der Waals surface area (Å²) in [6.45, 7) is 1.64. The molecule has 0 saturated carbocycles. The van der Waals surface area contributed by atoms with Crippen molar-refractivity contribution in [2.45, 2.75) is 37.6 Å². The number of methoxy groups -OCH3 is 1. The maximum atomic E-state index is 12.0. The Morgan fingerprint density at radius 2 is 2.12 bits per heavy atom. The zero-order chi connectivity index (χ0) is 23.5. The van der Waals surface area contributed by atoms with Gasteiger partial charge in [0.15, 0.2) is 29.3 Å². The van der Waals surface area contributed by atoms with Gasteiger partial charge in [0, 0.05) is 19.5 Å². The van der Waals surface area contributed by atoms with Gasteiger partial charge in [-0.15, -0.1) is 0 Å². The fourth-order valence-electron chi connectivity index (χ4n) is 3.50. The standard InChI is InChI=1S/C19H23ClN6O7/c1-3-31-18(29)11(6-30-2)32-7-10-13(27)14(28)17(33-10)26-9-22-12-15(25-5-4-21-8-25)23-19(20)24-16(12)26/h4-5,8-11,13-14,17,27-28H,3,6-7H2,1-2H3/t10-,11-,13-,14-,17-/m1/s1. The van der Waals surface area contributed by atoms with E-state index in [4.69, 9.17) is 30.5 Å². The number of esters is 1. The molecule has 0 bridgehead atoms. The van der Waals surface area contributed by atoms with Crippen LogP contribution >= 0.6 is 11.6 Å². The van der Waals surface area contributed by atoms with Crippen LogP contribution in [0.1, 0.15) is 13.2 Å². The number of hydrogen-bond acceptors (Lipinski definition) is 11. The van der Waals surface area contributed by atoms with Crippen LogP contribution in [0.15, 0.2) is 25.0 Å². The highest BCUT2D eigenvalue weighted by Crippen LogP contribution is 2.33. The summed E-state index contributed by atoms with van der Waals surface area (Å²) >= 11 is 6.11. The molecule has 4 heterocycles. The number of aliphatic hydroxyl groups excluding tert-OH is 2. The van der Waals surface area contributed by atoms with Gasteiger partial charge in [-0.1, -0.05) is 0 Å². The predicted molar refractivity (Wildman–Crippen MR) is 112 cm³/mol. The Bertz CT molecular complexity index is 1090. The Hall–Kier alpha value is -2.68. The van der Waals surface area contributed by atoms with Gasteiger partial charge in [0.25, 0.3) is 0 Å². The van der Waals surface area contributed by atoms with Gasteiger partial charge in [0.1, 0.15) is 24.6 Å². The number of rotatable bonds is 9. The lowest BCUT2D eigenvalue weighted by Gasteiger charge is -2.20. The minimum Gasteiger partial charge on any atom is -0.464 e. The zero-order valence-corrected chi connectivity index (χ0v) is 18.6. The molecule has 0 aliphatic carbocycles. The Morgan fingerprint density at radius 3 is 2.82 bits per heavy atom. The number of carbonyl (C=O) groups excluding carboxylic acids is 1. The number of nitrogens with zero attached hydrogens (tertiary/aromatic N) is 6. The van der Waals surface area contributed by atoms with Crippen LogP contribution in [-0.4, -0.2) is 96.6 Å². The van der Waals surface area contributed by atoms with Crippen LogP contribution in [0.4, 0.5) is 0 Å². The molecule has 0 unspecified atom stereocenters. The molecule has 1 fully saturated rings. The fourth-order valence-corrected chi connectivity index (χ4v) is 3.66. The number of ether oxygens (including phenoxy) is 4. The molecule has 3 aromatic heterocycles. The summed E-state index contributed by atoms with van der Waals surface area (Å²) in [7, 11) is 1.42. The van der Waals surface area contributed by atoms with E-state index < -0.39 is 36.6 Å². The Kier molecular flexibility index (Phi) is 7.17. The van der Waals surface area contributed by atoms with Gasteiger partial charge in [-0.05, 0) is 18.5 Å². The molecule has 1 aliphatic heterocycles. The molecule has 3 aromatic rings. The summed E-state index contributed by atoms with van der Waals surface area (Å²) in [5.74, 6) is -0.200. The lowest BCUT2D eigenvalue weighted by molar-refractivity contribution is -0.165. The molecule has 33 heavy (non-hydrogen) atoms. The predicted octanol–water partition coefficient (Wildman–Crippen LogP) is -0.121. The second-order valence-corrected chi connectivity index (χ2v) is 7.52. The first-order valence-corrected chi connectivity index (χ1v) is 10.5. The lowest BCUT2D eigenvalue weighted by atomic mass is 10.1. The molecule has 178 valence electrons. The van der Waals surface area contributed by atoms with Crippen molar-refractivity contribution in [3.05, 3.63) is 30.3 Å². The quantitative estimate of drug-likeness (QED) is 0.309. The molecular formula is C19H23ClN6O7. The summed E-state index contributed by atoms with van der Waals surface area (Å²) in [6, 6.07) is 0. The van der Waals surface area contributed by atoms with Gasteiger partial charge >= 0.3 is 5.97 Å². The number of imidazole rings is 2. The highest BCUT2D eigenvalue weighted by molar-refractivity contribution is 6.28. The van der Waals surface area contributed by atoms with Crippen molar-refractivity contribution in [1.82, 2.24) is 29.1 Å². The van der Waals surface area contributed by atoms with Gasteiger partial charge in [0.05, 0.1) is 26.1 Å². The molecule has 0 spiro atoms. The molecule has 0 amide bonds. The minimum atomic E-state index is -1.33. The van der Waals surface area contributed by atoms with Crippen molar-refractivity contribution in [2.24, 2.45) is 0 Å². The fraction of sp³-hybridized carbons (Fsp3) is 0.526. The summed E-state index contributed by atoms with van der Waals surface area (Å²) in [5, 5.41) is 21.1. The normalized spacial score (nSPS) is 23.8. The number of aliphatic hydroxyl groups is 2. The highest BCUT2D eigenvalue weighted by Gasteiger charge is 2.45. The lowest BCUT2D eigenvalue weighted by Crippen LogP contribution is -2.38. The first-order valence-electron chi connectivity index (χ1n) is 10.1. The summed E-state index contributed by atoms with van der Waals surface area (Å²) in [6.07, 6.45) is 0.590. The second-order valence-electron chi connectivity index (χ2n) is 7.19. The van der Waals surface area contributed by atoms with Crippen molar-refractivity contribution in [2.75, 3.05) is 26.9 Å². The van der Waals surface area contributed by atoms with E-state index >= 15 is 0 Å². The van der Waals surface area contributed by atoms with Crippen molar-refractivity contribution in [1.29, 1.82) is 0 Å². The second kappa shape index (κ2) is 10.1. The average molecular weight is 483 g/mol. The van der Waals surface area contributed by atoms with Crippen LogP contribution in [0, 0.1) is 0 Å². The zero-order valence-electron chi connectivity index (χ0n) is 17.8. The van der Waals surface area contributed by atoms with E-state index in [9.17, 15) is 15.0 Å². The SMILES string of the molecule is CCOC(=O)[C@@H](COC)OC[C@H]1O[C@@H](n2cnc3c(-n4ccnc4)nc(Cl)nc32)[C@H](O)[C@@H]1O. The number of halogens is 1. The van der Waals surface area contributed by atoms with Crippen molar-refractivity contribution in [3.8, 4) is 5.82 Å². The van der Waals surface area contributed by atoms with Crippen molar-refractivity contribution < 1.29 is 34.0 Å². The number of carbonyl (C=O) groups is 1. The third-order valence-electron chi connectivity index (χ3n) is 5.07. The third kappa shape index (κ3) is 4.69. The maximum Gasteiger partial charge on any atom is 0.337 e. The van der Waals surface area contributed by atoms with Gasteiger partial charge in [0.2, 0.25) is 5.28 Å². The highest BCUT2D eigenvalue weighted by atomic mass is 35.5. The van der Waals surface area contributed by atoms with Crippen LogP contribution in [0.3, 0.4) is 0 Å². The third-order valence-corrected chi connectivity index (χ3v) is 5.23. The van der Waals surface area contributed by atoms with Crippen LogP contribution in [0.25, 0.3) is 17.0 Å². The maximum absolute atomic E-state index is 12.0. The van der Waals surface area contributed by atoms with E-state index in [1.807, 2.05) is 0 Å². The molecule has 4 rings (SSSR count). The van der Waals surface area contributed by atoms with Crippen LogP contribution in [0.2, 0.25) is 5.28 Å². The monoisotopic (exact) mass is 482 g/mol. The Morgan fingerprint density at radius 1 is 1.30 bits per heavy atom. The first kappa shape index (κ1) is 23.5. The van der Waals surface area contributed by atoms with E-state index in [1.54, 1.807) is 23.9 Å². The molecule has 0 radical (unpaired) electrons.